The Morgan fingerprint density at radius 1 is 1.08 bits per heavy atom. The third-order valence-corrected chi connectivity index (χ3v) is 6.46. The van der Waals surface area contributed by atoms with E-state index in [1.165, 1.54) is 47.9 Å². The van der Waals surface area contributed by atoms with Gasteiger partial charge in [-0.3, -0.25) is 10.0 Å². The minimum absolute atomic E-state index is 0.0822. The number of nitrogens with zero attached hydrogens (tertiary/aromatic N) is 3. The van der Waals surface area contributed by atoms with E-state index in [4.69, 9.17) is 19.4 Å². The molecule has 10 nitrogen and oxygen atoms in total. The number of carbonyl (C=O) groups excluding carboxylic acids is 2. The van der Waals surface area contributed by atoms with Gasteiger partial charge in [-0.25, -0.2) is 19.6 Å². The number of methoxy groups -OCH3 is 1. The lowest BCUT2D eigenvalue weighted by molar-refractivity contribution is -0.129. The summed E-state index contributed by atoms with van der Waals surface area (Å²) in [5, 5.41) is 8.93. The molecule has 0 radical (unpaired) electrons. The molecule has 2 amide bonds. The number of ether oxygens (including phenoxy) is 3. The fourth-order valence-corrected chi connectivity index (χ4v) is 4.43. The Hall–Kier alpha value is -2.86. The molecule has 37 heavy (non-hydrogen) atoms. The summed E-state index contributed by atoms with van der Waals surface area (Å²) in [5.74, 6) is 0.673. The molecule has 1 aliphatic carbocycles. The van der Waals surface area contributed by atoms with Gasteiger partial charge in [-0.1, -0.05) is 19.9 Å². The van der Waals surface area contributed by atoms with E-state index in [2.05, 4.69) is 17.1 Å². The van der Waals surface area contributed by atoms with Crippen LogP contribution in [0.15, 0.2) is 41.4 Å². The van der Waals surface area contributed by atoms with Crippen molar-refractivity contribution in [3.8, 4) is 11.6 Å². The van der Waals surface area contributed by atoms with Crippen molar-refractivity contribution in [2.75, 3.05) is 47.0 Å². The second-order valence-electron chi connectivity index (χ2n) is 8.09. The number of hydrogen-bond acceptors (Lipinski definition) is 9. The number of rotatable bonds is 12. The van der Waals surface area contributed by atoms with Gasteiger partial charge < -0.3 is 19.1 Å². The van der Waals surface area contributed by atoms with Crippen molar-refractivity contribution in [3.63, 3.8) is 0 Å². The number of benzene rings is 1. The molecule has 0 atom stereocenters. The first-order valence-corrected chi connectivity index (χ1v) is 13.2. The maximum Gasteiger partial charge on any atom is 0.409 e. The van der Waals surface area contributed by atoms with Gasteiger partial charge >= 0.3 is 6.09 Å². The lowest BCUT2D eigenvalue weighted by Crippen LogP contribution is -2.38. The van der Waals surface area contributed by atoms with Crippen molar-refractivity contribution in [3.05, 3.63) is 47.7 Å². The third kappa shape index (κ3) is 10.6. The minimum atomic E-state index is -0.567. The molecule has 11 heteroatoms. The van der Waals surface area contributed by atoms with Crippen LogP contribution >= 0.6 is 11.9 Å². The molecular formula is C26H38N4O6S. The van der Waals surface area contributed by atoms with Gasteiger partial charge in [-0.15, -0.1) is 0 Å². The molecule has 1 aliphatic rings. The highest BCUT2D eigenvalue weighted by molar-refractivity contribution is 7.97. The average Bonchev–Trinajstić information content (AvgIpc) is 2.93. The highest BCUT2D eigenvalue weighted by atomic mass is 32.2. The zero-order valence-corrected chi connectivity index (χ0v) is 22.9. The van der Waals surface area contributed by atoms with Crippen molar-refractivity contribution >= 4 is 23.9 Å². The Bertz CT molecular complexity index is 976. The summed E-state index contributed by atoms with van der Waals surface area (Å²) >= 11 is 1.29. The van der Waals surface area contributed by atoms with Gasteiger partial charge in [0.2, 0.25) is 5.88 Å². The van der Waals surface area contributed by atoms with E-state index in [0.717, 1.165) is 23.5 Å². The van der Waals surface area contributed by atoms with Crippen LogP contribution in [-0.4, -0.2) is 78.4 Å². The summed E-state index contributed by atoms with van der Waals surface area (Å²) in [6.45, 7) is 5.06. The topological polar surface area (TPSA) is 113 Å². The van der Waals surface area contributed by atoms with Crippen LogP contribution in [0, 0.1) is 0 Å². The summed E-state index contributed by atoms with van der Waals surface area (Å²) in [6, 6.07) is 9.80. The van der Waals surface area contributed by atoms with Gasteiger partial charge in [0.05, 0.1) is 13.2 Å². The fraction of sp³-hybridized carbons (Fsp3) is 0.500. The monoisotopic (exact) mass is 534 g/mol. The summed E-state index contributed by atoms with van der Waals surface area (Å²) < 4.78 is 17.6. The van der Waals surface area contributed by atoms with Crippen LogP contribution in [0.1, 0.15) is 37.8 Å². The maximum atomic E-state index is 12.0. The van der Waals surface area contributed by atoms with E-state index in [1.807, 2.05) is 26.0 Å². The molecule has 2 N–H and O–H groups in total. The Morgan fingerprint density at radius 3 is 2.51 bits per heavy atom. The second-order valence-corrected chi connectivity index (χ2v) is 9.26. The number of likely N-dealkylation sites (N-methyl/N-ethyl adjacent to an activating group) is 1. The van der Waals surface area contributed by atoms with Crippen LogP contribution in [0.25, 0.3) is 0 Å². The van der Waals surface area contributed by atoms with E-state index in [0.29, 0.717) is 25.6 Å². The van der Waals surface area contributed by atoms with Crippen molar-refractivity contribution in [2.45, 2.75) is 44.4 Å². The number of hydroxylamine groups is 1. The van der Waals surface area contributed by atoms with Gasteiger partial charge in [0.15, 0.2) is 0 Å². The van der Waals surface area contributed by atoms with E-state index < -0.39 is 12.0 Å². The van der Waals surface area contributed by atoms with Crippen LogP contribution in [0.2, 0.25) is 0 Å². The first kappa shape index (κ1) is 30.4. The number of aryl methyl sites for hydroxylation is 2. The third-order valence-electron chi connectivity index (χ3n) is 5.44. The Labute approximate surface area is 223 Å². The zero-order valence-electron chi connectivity index (χ0n) is 22.1. The molecule has 0 unspecified atom stereocenters. The predicted molar refractivity (Wildman–Crippen MR) is 142 cm³/mol. The summed E-state index contributed by atoms with van der Waals surface area (Å²) in [6.07, 6.45) is 5.81. The van der Waals surface area contributed by atoms with E-state index in [9.17, 15) is 9.59 Å². The largest absolute Gasteiger partial charge is 0.447 e. The number of fused-ring (bicyclic) bond motifs is 1. The maximum absolute atomic E-state index is 12.0. The van der Waals surface area contributed by atoms with E-state index >= 15 is 0 Å². The SMILES string of the molecule is CC.COCCOC(=O)N(C)CCN(CC(=O)NO)Sc1ccc(Oc2ccc3c(c2)CCCC3)nc1. The van der Waals surface area contributed by atoms with Crippen molar-refractivity contribution < 1.29 is 29.0 Å². The molecule has 0 saturated carbocycles. The van der Waals surface area contributed by atoms with E-state index in [1.54, 1.807) is 29.1 Å². The molecular weight excluding hydrogens is 496 g/mol. The number of pyridine rings is 1. The van der Waals surface area contributed by atoms with Crippen LogP contribution in [0.5, 0.6) is 11.6 Å². The highest BCUT2D eigenvalue weighted by Crippen LogP contribution is 2.29. The number of carbonyl (C=O) groups is 2. The van der Waals surface area contributed by atoms with Gasteiger partial charge in [0.25, 0.3) is 5.91 Å². The van der Waals surface area contributed by atoms with Crippen molar-refractivity contribution in [1.29, 1.82) is 0 Å². The summed E-state index contributed by atoms with van der Waals surface area (Å²) in [5.41, 5.74) is 4.37. The molecule has 0 spiro atoms. The van der Waals surface area contributed by atoms with Crippen LogP contribution in [0.3, 0.4) is 0 Å². The van der Waals surface area contributed by atoms with Crippen LogP contribution in [0.4, 0.5) is 4.79 Å². The molecule has 204 valence electrons. The van der Waals surface area contributed by atoms with Gasteiger partial charge in [-0.2, -0.15) is 0 Å². The molecule has 1 aromatic carbocycles. The highest BCUT2D eigenvalue weighted by Gasteiger charge is 2.17. The summed E-state index contributed by atoms with van der Waals surface area (Å²) in [7, 11) is 3.14. The lowest BCUT2D eigenvalue weighted by Gasteiger charge is -2.23. The first-order valence-electron chi connectivity index (χ1n) is 12.5. The summed E-state index contributed by atoms with van der Waals surface area (Å²) in [4.78, 5) is 30.3. The molecule has 0 saturated heterocycles. The lowest BCUT2D eigenvalue weighted by atomic mass is 9.92. The molecule has 2 aromatic rings. The second kappa shape index (κ2) is 16.8. The standard InChI is InChI=1S/C24H32N4O6S.C2H6/c1-27(24(30)33-14-13-32-2)11-12-28(17-22(29)26-31)35-21-9-10-23(25-16-21)34-20-8-7-18-5-3-4-6-19(18)15-20;1-2/h7-10,15-16,31H,3-6,11-14,17H2,1-2H3,(H,26,29);1-2H3. The molecule has 1 heterocycles. The number of nitrogens with one attached hydrogen (secondary N) is 1. The molecule has 0 bridgehead atoms. The van der Waals surface area contributed by atoms with E-state index in [-0.39, 0.29) is 13.2 Å². The molecule has 0 fully saturated rings. The zero-order chi connectivity index (χ0) is 27.0. The first-order chi connectivity index (χ1) is 18.0. The normalized spacial score (nSPS) is 12.2. The smallest absolute Gasteiger partial charge is 0.409 e. The quantitative estimate of drug-likeness (QED) is 0.178. The van der Waals surface area contributed by atoms with Gasteiger partial charge in [0.1, 0.15) is 12.4 Å². The minimum Gasteiger partial charge on any atom is -0.447 e. The number of aromatic nitrogens is 1. The van der Waals surface area contributed by atoms with Crippen LogP contribution < -0.4 is 10.2 Å². The molecule has 3 rings (SSSR count). The number of amides is 2. The molecule has 1 aromatic heterocycles. The Balaban J connectivity index is 0.00000235. The fourth-order valence-electron chi connectivity index (χ4n) is 3.55. The Morgan fingerprint density at radius 2 is 1.84 bits per heavy atom. The number of hydrogen-bond donors (Lipinski definition) is 2. The predicted octanol–water partition coefficient (Wildman–Crippen LogP) is 4.31. The van der Waals surface area contributed by atoms with Crippen molar-refractivity contribution in [2.24, 2.45) is 0 Å². The molecule has 0 aliphatic heterocycles. The average molecular weight is 535 g/mol. The Kier molecular flexibility index (Phi) is 13.8. The van der Waals surface area contributed by atoms with Gasteiger partial charge in [-0.05, 0) is 67.0 Å². The van der Waals surface area contributed by atoms with Gasteiger partial charge in [0, 0.05) is 44.4 Å². The van der Waals surface area contributed by atoms with Crippen LogP contribution in [-0.2, 0) is 27.1 Å². The van der Waals surface area contributed by atoms with Crippen molar-refractivity contribution in [1.82, 2.24) is 19.7 Å².